The van der Waals surface area contributed by atoms with Crippen LogP contribution in [0, 0.1) is 13.8 Å². The number of imidazole rings is 2. The second-order valence-corrected chi connectivity index (χ2v) is 16.6. The molecule has 0 bridgehead atoms. The van der Waals surface area contributed by atoms with Crippen LogP contribution in [-0.2, 0) is 14.3 Å². The molecule has 6 heterocycles. The summed E-state index contributed by atoms with van der Waals surface area (Å²) in [6, 6.07) is 18.9. The molecule has 2 aliphatic rings. The molecule has 0 saturated carbocycles. The number of methoxy groups -OCH3 is 1. The fourth-order valence-corrected chi connectivity index (χ4v) is 8.16. The number of hydrogen-bond acceptors (Lipinski definition) is 10. The van der Waals surface area contributed by atoms with Crippen LogP contribution in [0.4, 0.5) is 0 Å². The number of carbonyl (C=O) groups is 2. The number of aliphatic carboxylic acids is 1. The maximum absolute atomic E-state index is 11.8. The molecule has 298 valence electrons. The Morgan fingerprint density at radius 1 is 0.678 bits per heavy atom. The second kappa shape index (κ2) is 20.3. The summed E-state index contributed by atoms with van der Waals surface area (Å²) >= 11 is 14.4. The van der Waals surface area contributed by atoms with E-state index in [-0.39, 0.29) is 65.9 Å². The maximum Gasteiger partial charge on any atom is 1.00 e. The third-order valence-electron chi connectivity index (χ3n) is 9.46. The molecule has 0 spiro atoms. The van der Waals surface area contributed by atoms with Gasteiger partial charge >= 0.3 is 41.5 Å². The van der Waals surface area contributed by atoms with Crippen molar-refractivity contribution in [2.24, 2.45) is 9.98 Å². The van der Waals surface area contributed by atoms with Crippen LogP contribution >= 0.6 is 63.7 Å². The molecule has 2 aliphatic heterocycles. The number of carboxylic acids is 1. The first kappa shape index (κ1) is 46.4. The molecular formula is C41H35Br4N8NaO5. The quantitative estimate of drug-likeness (QED) is 0.129. The molecule has 2 atom stereocenters. The Balaban J connectivity index is 0.000000217. The van der Waals surface area contributed by atoms with Crippen LogP contribution in [0.2, 0.25) is 0 Å². The van der Waals surface area contributed by atoms with Crippen LogP contribution in [0.1, 0.15) is 83.3 Å². The fourth-order valence-electron chi connectivity index (χ4n) is 6.81. The number of carboxylic acid groups (broad SMARTS) is 1. The molecular weight excluding hydrogens is 1030 g/mol. The normalized spacial score (nSPS) is 14.8. The van der Waals surface area contributed by atoms with E-state index in [2.05, 4.69) is 98.9 Å². The smallest absolute Gasteiger partial charge is 0.870 e. The fraction of sp³-hybridized carbons (Fsp3) is 0.220. The van der Waals surface area contributed by atoms with Gasteiger partial charge in [0, 0.05) is 78.0 Å². The van der Waals surface area contributed by atoms with E-state index in [1.807, 2.05) is 74.6 Å². The van der Waals surface area contributed by atoms with Crippen molar-refractivity contribution >= 4 is 87.1 Å². The first-order valence-corrected chi connectivity index (χ1v) is 21.0. The van der Waals surface area contributed by atoms with Gasteiger partial charge in [-0.15, -0.1) is 0 Å². The maximum atomic E-state index is 11.8. The molecule has 0 unspecified atom stereocenters. The van der Waals surface area contributed by atoms with Gasteiger partial charge in [0.05, 0.1) is 41.3 Å². The third-order valence-corrected chi connectivity index (χ3v) is 13.2. The van der Waals surface area contributed by atoms with E-state index in [1.165, 1.54) is 7.11 Å². The van der Waals surface area contributed by atoms with Crippen molar-refractivity contribution in [3.8, 4) is 11.4 Å². The van der Waals surface area contributed by atoms with Crippen LogP contribution < -0.4 is 29.6 Å². The molecule has 8 rings (SSSR count). The van der Waals surface area contributed by atoms with E-state index >= 15 is 0 Å². The van der Waals surface area contributed by atoms with E-state index in [0.717, 1.165) is 86.2 Å². The molecule has 0 radical (unpaired) electrons. The minimum atomic E-state index is -0.850. The first-order chi connectivity index (χ1) is 27.4. The van der Waals surface area contributed by atoms with Crippen molar-refractivity contribution in [1.82, 2.24) is 29.1 Å². The van der Waals surface area contributed by atoms with Gasteiger partial charge < -0.3 is 15.3 Å². The van der Waals surface area contributed by atoms with E-state index in [9.17, 15) is 14.7 Å². The first-order valence-electron chi connectivity index (χ1n) is 17.8. The van der Waals surface area contributed by atoms with Crippen molar-refractivity contribution in [1.29, 1.82) is 0 Å². The number of rotatable bonds is 8. The average Bonchev–Trinajstić information content (AvgIpc) is 3.71. The molecule has 0 saturated heterocycles. The monoisotopic (exact) mass is 1060 g/mol. The second-order valence-electron chi connectivity index (χ2n) is 13.2. The number of nitrogens with zero attached hydrogens (tertiary/aromatic N) is 8. The van der Waals surface area contributed by atoms with E-state index in [1.54, 1.807) is 18.6 Å². The van der Waals surface area contributed by atoms with Crippen LogP contribution in [-0.4, -0.2) is 70.1 Å². The standard InChI is InChI=1S/C21H18Br2N4O2.C20H16Br2N4O2.Na.H2O/c1-12-11-25-21-17(6-7-19(28)29-2)26-20(16-5-3-4-8-24-16)13-9-14(22)15(23)10-18(13)27(12)21;1-11-10-24-20-16(5-6-18(27)28)25-19(15-4-2-3-7-23-15)12-8-13(21)14(22)9-17(12)26(11)20;;/h3-5,8-11,17H,6-7H2,1-2H3;2-4,7-10,16H,5-6H2,1H3,(H,27,28);;1H2/q;;+1;/p-1/t17-;16-;;/m00../s1. The molecule has 0 aliphatic carbocycles. The Bertz CT molecular complexity index is 2570. The summed E-state index contributed by atoms with van der Waals surface area (Å²) in [5.74, 6) is 0.422. The summed E-state index contributed by atoms with van der Waals surface area (Å²) in [4.78, 5) is 51.2. The predicted molar refractivity (Wildman–Crippen MR) is 233 cm³/mol. The number of benzene rings is 2. The number of aryl methyl sites for hydroxylation is 2. The van der Waals surface area contributed by atoms with Crippen molar-refractivity contribution in [3.63, 3.8) is 0 Å². The van der Waals surface area contributed by atoms with Crippen LogP contribution in [0.25, 0.3) is 11.4 Å². The molecule has 18 heteroatoms. The number of fused-ring (bicyclic) bond motifs is 6. The number of esters is 1. The van der Waals surface area contributed by atoms with Crippen LogP contribution in [0.5, 0.6) is 0 Å². The Kier molecular flexibility index (Phi) is 15.9. The Labute approximate surface area is 396 Å². The molecule has 0 fully saturated rings. The van der Waals surface area contributed by atoms with Gasteiger partial charge in [-0.05, 0) is 139 Å². The van der Waals surface area contributed by atoms with Gasteiger partial charge in [-0.2, -0.15) is 0 Å². The Morgan fingerprint density at radius 3 is 1.49 bits per heavy atom. The number of aromatic nitrogens is 6. The summed E-state index contributed by atoms with van der Waals surface area (Å²) < 4.78 is 12.7. The summed E-state index contributed by atoms with van der Waals surface area (Å²) in [6.07, 6.45) is 8.24. The molecule has 6 aromatic rings. The zero-order chi connectivity index (χ0) is 40.4. The number of carbonyl (C=O) groups excluding carboxylic acids is 1. The molecule has 0 amide bonds. The van der Waals surface area contributed by atoms with Gasteiger partial charge in [0.25, 0.3) is 0 Å². The van der Waals surface area contributed by atoms with Crippen LogP contribution in [0.3, 0.4) is 0 Å². The Morgan fingerprint density at radius 2 is 1.10 bits per heavy atom. The largest absolute Gasteiger partial charge is 1.00 e. The van der Waals surface area contributed by atoms with E-state index < -0.39 is 5.97 Å². The average molecular weight is 1060 g/mol. The summed E-state index contributed by atoms with van der Waals surface area (Å²) in [5, 5.41) is 9.20. The predicted octanol–water partition coefficient (Wildman–Crippen LogP) is 6.63. The zero-order valence-electron chi connectivity index (χ0n) is 32.3. The summed E-state index contributed by atoms with van der Waals surface area (Å²) in [5.41, 5.74) is 8.72. The molecule has 13 nitrogen and oxygen atoms in total. The summed E-state index contributed by atoms with van der Waals surface area (Å²) in [6.45, 7) is 4.00. The number of pyridine rings is 2. The van der Waals surface area contributed by atoms with Crippen LogP contribution in [0.15, 0.2) is 113 Å². The van der Waals surface area contributed by atoms with E-state index in [0.29, 0.717) is 12.8 Å². The van der Waals surface area contributed by atoms with Gasteiger partial charge in [-0.3, -0.25) is 38.7 Å². The molecule has 2 N–H and O–H groups in total. The zero-order valence-corrected chi connectivity index (χ0v) is 40.6. The SMILES string of the molecule is COC(=O)CC[C@@H]1N=C(c2ccccn2)c2cc(Br)c(Br)cc2-n2c(C)cnc21.Cc1cnc2n1-c1cc(Br)c(Br)cc1C(c1ccccn1)=N[C@H]2CCC(=O)O.[Na+].[OH-]. The minimum absolute atomic E-state index is 0. The van der Waals surface area contributed by atoms with Gasteiger partial charge in [0.2, 0.25) is 0 Å². The molecule has 2 aromatic carbocycles. The van der Waals surface area contributed by atoms with E-state index in [4.69, 9.17) is 14.7 Å². The van der Waals surface area contributed by atoms with Gasteiger partial charge in [-0.1, -0.05) is 12.1 Å². The Hall–Kier alpha value is -3.68. The number of aliphatic imine (C=N–C) groups is 2. The molecule has 4 aromatic heterocycles. The number of hydrogen-bond donors (Lipinski definition) is 1. The van der Waals surface area contributed by atoms with Gasteiger partial charge in [-0.25, -0.2) is 9.97 Å². The van der Waals surface area contributed by atoms with Crippen molar-refractivity contribution in [3.05, 3.63) is 149 Å². The van der Waals surface area contributed by atoms with Gasteiger partial charge in [0.15, 0.2) is 0 Å². The topological polar surface area (TPSA) is 180 Å². The third kappa shape index (κ3) is 9.94. The van der Waals surface area contributed by atoms with Crippen molar-refractivity contribution < 1.29 is 54.5 Å². The minimum Gasteiger partial charge on any atom is -0.870 e. The van der Waals surface area contributed by atoms with Gasteiger partial charge in [0.1, 0.15) is 23.7 Å². The summed E-state index contributed by atoms with van der Waals surface area (Å²) in [7, 11) is 1.40. The molecule has 59 heavy (non-hydrogen) atoms. The number of halogens is 4. The number of ether oxygens (including phenoxy) is 1. The van der Waals surface area contributed by atoms with Crippen molar-refractivity contribution in [2.45, 2.75) is 51.6 Å². The van der Waals surface area contributed by atoms with Crippen molar-refractivity contribution in [2.75, 3.05) is 7.11 Å².